The van der Waals surface area contributed by atoms with E-state index in [2.05, 4.69) is 0 Å². The summed E-state index contributed by atoms with van der Waals surface area (Å²) in [6.45, 7) is 4.42. The molecule has 18 heavy (non-hydrogen) atoms. The van der Waals surface area contributed by atoms with Gasteiger partial charge in [0.1, 0.15) is 5.60 Å². The Labute approximate surface area is 109 Å². The van der Waals surface area contributed by atoms with Gasteiger partial charge in [-0.25, -0.2) is 0 Å². The molecule has 1 aliphatic carbocycles. The zero-order valence-corrected chi connectivity index (χ0v) is 11.2. The largest absolute Gasteiger partial charge is 0.365 e. The van der Waals surface area contributed by atoms with E-state index < -0.39 is 5.60 Å². The summed E-state index contributed by atoms with van der Waals surface area (Å²) in [6, 6.07) is 0.291. The van der Waals surface area contributed by atoms with Crippen LogP contribution in [-0.4, -0.2) is 42.1 Å². The molecular weight excluding hydrogens is 228 g/mol. The van der Waals surface area contributed by atoms with Gasteiger partial charge in [-0.05, 0) is 44.4 Å². The van der Waals surface area contributed by atoms with Crippen LogP contribution < -0.4 is 5.73 Å². The average molecular weight is 252 g/mol. The maximum Gasteiger partial charge on any atom is 0.254 e. The van der Waals surface area contributed by atoms with Gasteiger partial charge in [0.15, 0.2) is 0 Å². The van der Waals surface area contributed by atoms with Gasteiger partial charge in [-0.15, -0.1) is 0 Å². The van der Waals surface area contributed by atoms with E-state index in [9.17, 15) is 4.79 Å². The van der Waals surface area contributed by atoms with E-state index >= 15 is 0 Å². The van der Waals surface area contributed by atoms with Crippen LogP contribution in [-0.2, 0) is 9.53 Å². The lowest BCUT2D eigenvalue weighted by Crippen LogP contribution is -2.46. The molecule has 1 amide bonds. The first-order valence-corrected chi connectivity index (χ1v) is 7.29. The molecule has 0 aromatic carbocycles. The molecule has 4 heteroatoms. The number of ether oxygens (including phenoxy) is 1. The van der Waals surface area contributed by atoms with Gasteiger partial charge in [0.05, 0.1) is 0 Å². The van der Waals surface area contributed by atoms with Crippen LogP contribution in [0.4, 0.5) is 0 Å². The van der Waals surface area contributed by atoms with Gasteiger partial charge in [-0.3, -0.25) is 4.79 Å². The number of hydrogen-bond acceptors (Lipinski definition) is 3. The predicted molar refractivity (Wildman–Crippen MR) is 69.0 cm³/mol. The number of rotatable bonds is 1. The van der Waals surface area contributed by atoms with E-state index in [1.807, 2.05) is 11.8 Å². The second-order valence-corrected chi connectivity index (χ2v) is 6.41. The number of amides is 1. The lowest BCUT2D eigenvalue weighted by atomic mass is 9.78. The van der Waals surface area contributed by atoms with Crippen LogP contribution in [0.2, 0.25) is 0 Å². The Morgan fingerprint density at radius 3 is 2.83 bits per heavy atom. The van der Waals surface area contributed by atoms with Gasteiger partial charge in [-0.1, -0.05) is 6.42 Å². The van der Waals surface area contributed by atoms with Crippen LogP contribution in [0.1, 0.15) is 39.0 Å². The molecular formula is C14H24N2O2. The quantitative estimate of drug-likeness (QED) is 0.761. The first kappa shape index (κ1) is 12.4. The Kier molecular flexibility index (Phi) is 3.10. The van der Waals surface area contributed by atoms with Crippen molar-refractivity contribution in [2.45, 2.75) is 50.7 Å². The highest BCUT2D eigenvalue weighted by molar-refractivity contribution is 5.85. The van der Waals surface area contributed by atoms with E-state index in [0.717, 1.165) is 39.0 Å². The Morgan fingerprint density at radius 2 is 2.17 bits per heavy atom. The number of carbonyl (C=O) groups excluding carboxylic acids is 1. The van der Waals surface area contributed by atoms with Gasteiger partial charge in [0, 0.05) is 25.7 Å². The monoisotopic (exact) mass is 252 g/mol. The highest BCUT2D eigenvalue weighted by Crippen LogP contribution is 2.37. The van der Waals surface area contributed by atoms with Crippen LogP contribution in [0.15, 0.2) is 0 Å². The molecule has 0 bridgehead atoms. The first-order chi connectivity index (χ1) is 8.60. The van der Waals surface area contributed by atoms with Crippen molar-refractivity contribution in [3.05, 3.63) is 0 Å². The Balaban J connectivity index is 1.69. The molecule has 0 aromatic heterocycles. The third-order valence-corrected chi connectivity index (χ3v) is 5.11. The number of nitrogens with zero attached hydrogens (tertiary/aromatic N) is 1. The molecule has 102 valence electrons. The number of likely N-dealkylation sites (tertiary alicyclic amines) is 1. The van der Waals surface area contributed by atoms with E-state index in [1.165, 1.54) is 12.8 Å². The molecule has 0 aromatic rings. The van der Waals surface area contributed by atoms with Crippen molar-refractivity contribution in [2.75, 3.05) is 19.7 Å². The maximum absolute atomic E-state index is 12.6. The molecule has 0 spiro atoms. The molecule has 2 heterocycles. The van der Waals surface area contributed by atoms with Gasteiger partial charge in [-0.2, -0.15) is 0 Å². The van der Waals surface area contributed by atoms with Crippen LogP contribution in [0, 0.1) is 11.8 Å². The van der Waals surface area contributed by atoms with E-state index in [1.54, 1.807) is 0 Å². The molecule has 1 saturated carbocycles. The van der Waals surface area contributed by atoms with Crippen LogP contribution >= 0.6 is 0 Å². The topological polar surface area (TPSA) is 55.6 Å². The summed E-state index contributed by atoms with van der Waals surface area (Å²) in [4.78, 5) is 14.6. The molecule has 2 saturated heterocycles. The smallest absolute Gasteiger partial charge is 0.254 e. The highest BCUT2D eigenvalue weighted by Gasteiger charge is 2.46. The molecule has 0 radical (unpaired) electrons. The first-order valence-electron chi connectivity index (χ1n) is 7.29. The third-order valence-electron chi connectivity index (χ3n) is 5.11. The number of carbonyl (C=O) groups is 1. The fourth-order valence-corrected chi connectivity index (χ4v) is 3.96. The summed E-state index contributed by atoms with van der Waals surface area (Å²) in [7, 11) is 0. The second-order valence-electron chi connectivity index (χ2n) is 6.41. The minimum Gasteiger partial charge on any atom is -0.365 e. The molecule has 3 rings (SSSR count). The summed E-state index contributed by atoms with van der Waals surface area (Å²) in [5.41, 5.74) is 5.64. The second kappa shape index (κ2) is 4.49. The molecule has 4 atom stereocenters. The molecule has 3 fully saturated rings. The molecule has 2 N–H and O–H groups in total. The lowest BCUT2D eigenvalue weighted by molar-refractivity contribution is -0.150. The Hall–Kier alpha value is -0.610. The minimum absolute atomic E-state index is 0.196. The van der Waals surface area contributed by atoms with Gasteiger partial charge in [0.2, 0.25) is 0 Å². The van der Waals surface area contributed by atoms with Crippen LogP contribution in [0.3, 0.4) is 0 Å². The fourth-order valence-electron chi connectivity index (χ4n) is 3.96. The van der Waals surface area contributed by atoms with Crippen molar-refractivity contribution in [3.8, 4) is 0 Å². The van der Waals surface area contributed by atoms with Gasteiger partial charge >= 0.3 is 0 Å². The SMILES string of the molecule is CC1(C(=O)N2CC3CCCC(N)C3C2)CCCO1. The maximum atomic E-state index is 12.6. The molecule has 4 unspecified atom stereocenters. The fraction of sp³-hybridized carbons (Fsp3) is 0.929. The van der Waals surface area contributed by atoms with Crippen LogP contribution in [0.5, 0.6) is 0 Å². The van der Waals surface area contributed by atoms with Crippen molar-refractivity contribution in [2.24, 2.45) is 17.6 Å². The lowest BCUT2D eigenvalue weighted by Gasteiger charge is -2.29. The Bertz CT molecular complexity index is 339. The number of hydrogen-bond donors (Lipinski definition) is 1. The van der Waals surface area contributed by atoms with Gasteiger partial charge in [0.25, 0.3) is 5.91 Å². The summed E-state index contributed by atoms with van der Waals surface area (Å²) >= 11 is 0. The van der Waals surface area contributed by atoms with E-state index in [-0.39, 0.29) is 5.91 Å². The van der Waals surface area contributed by atoms with Crippen molar-refractivity contribution >= 4 is 5.91 Å². The summed E-state index contributed by atoms with van der Waals surface area (Å²) in [5.74, 6) is 1.34. The minimum atomic E-state index is -0.558. The zero-order valence-electron chi connectivity index (χ0n) is 11.2. The van der Waals surface area contributed by atoms with Gasteiger partial charge < -0.3 is 15.4 Å². The number of fused-ring (bicyclic) bond motifs is 1. The predicted octanol–water partition coefficient (Wildman–Crippen LogP) is 1.14. The zero-order chi connectivity index (χ0) is 12.8. The van der Waals surface area contributed by atoms with Crippen molar-refractivity contribution in [1.82, 2.24) is 4.90 Å². The standard InChI is InChI=1S/C14H24N2O2/c1-14(6-3-7-18-14)13(17)16-8-10-4-2-5-12(15)11(10)9-16/h10-12H,2-9,15H2,1H3. The Morgan fingerprint density at radius 1 is 1.33 bits per heavy atom. The highest BCUT2D eigenvalue weighted by atomic mass is 16.5. The van der Waals surface area contributed by atoms with Crippen molar-refractivity contribution < 1.29 is 9.53 Å². The third kappa shape index (κ3) is 1.95. The summed E-state index contributed by atoms with van der Waals surface area (Å²) in [6.07, 6.45) is 5.45. The van der Waals surface area contributed by atoms with Crippen molar-refractivity contribution in [1.29, 1.82) is 0 Å². The average Bonchev–Trinajstić information content (AvgIpc) is 2.96. The number of nitrogens with two attached hydrogens (primary N) is 1. The summed E-state index contributed by atoms with van der Waals surface area (Å²) in [5, 5.41) is 0. The molecule has 4 nitrogen and oxygen atoms in total. The molecule has 3 aliphatic rings. The van der Waals surface area contributed by atoms with E-state index in [4.69, 9.17) is 10.5 Å². The normalized spacial score (nSPS) is 44.1. The van der Waals surface area contributed by atoms with E-state index in [0.29, 0.717) is 17.9 Å². The van der Waals surface area contributed by atoms with Crippen molar-refractivity contribution in [3.63, 3.8) is 0 Å². The molecule has 2 aliphatic heterocycles. The van der Waals surface area contributed by atoms with Crippen LogP contribution in [0.25, 0.3) is 0 Å². The summed E-state index contributed by atoms with van der Waals surface area (Å²) < 4.78 is 5.67.